The first-order valence-electron chi connectivity index (χ1n) is 10.4. The van der Waals surface area contributed by atoms with Gasteiger partial charge in [-0.15, -0.1) is 0 Å². The number of nitrogens with zero attached hydrogens (tertiary/aromatic N) is 4. The Hall–Kier alpha value is -2.39. The van der Waals surface area contributed by atoms with Gasteiger partial charge in [-0.3, -0.25) is 4.68 Å². The van der Waals surface area contributed by atoms with Crippen LogP contribution >= 0.6 is 0 Å². The van der Waals surface area contributed by atoms with Crippen LogP contribution in [0.5, 0.6) is 0 Å². The molecule has 0 saturated carbocycles. The van der Waals surface area contributed by atoms with Gasteiger partial charge in [0.25, 0.3) is 0 Å². The van der Waals surface area contributed by atoms with Gasteiger partial charge in [-0.25, -0.2) is 13.2 Å². The van der Waals surface area contributed by atoms with Crippen molar-refractivity contribution in [2.24, 2.45) is 7.05 Å². The molecule has 1 saturated heterocycles. The second kappa shape index (κ2) is 9.61. The second-order valence-electron chi connectivity index (χ2n) is 7.69. The van der Waals surface area contributed by atoms with Crippen LogP contribution in [0.2, 0.25) is 0 Å². The summed E-state index contributed by atoms with van der Waals surface area (Å²) < 4.78 is 29.4. The third-order valence-corrected chi connectivity index (χ3v) is 7.70. The van der Waals surface area contributed by atoms with Crippen molar-refractivity contribution in [3.05, 3.63) is 47.3 Å². The topological polar surface area (TPSA) is 87.5 Å². The van der Waals surface area contributed by atoms with E-state index in [4.69, 9.17) is 0 Å². The Morgan fingerprint density at radius 2 is 1.83 bits per heavy atom. The van der Waals surface area contributed by atoms with Crippen molar-refractivity contribution in [2.75, 3.05) is 32.7 Å². The summed E-state index contributed by atoms with van der Waals surface area (Å²) >= 11 is 0. The summed E-state index contributed by atoms with van der Waals surface area (Å²) in [6, 6.07) is 10.1. The average molecular weight is 434 g/mol. The van der Waals surface area contributed by atoms with Crippen LogP contribution in [-0.4, -0.2) is 66.2 Å². The molecule has 0 spiro atoms. The normalized spacial score (nSPS) is 15.8. The molecule has 9 heteroatoms. The highest BCUT2D eigenvalue weighted by Crippen LogP contribution is 2.24. The first kappa shape index (κ1) is 22.3. The third-order valence-electron chi connectivity index (χ3n) is 5.54. The van der Waals surface area contributed by atoms with Gasteiger partial charge in [0.1, 0.15) is 4.90 Å². The quantitative estimate of drug-likeness (QED) is 0.707. The summed E-state index contributed by atoms with van der Waals surface area (Å²) in [7, 11) is -1.89. The van der Waals surface area contributed by atoms with Crippen molar-refractivity contribution in [1.29, 1.82) is 0 Å². The molecular formula is C21H31N5O3S. The van der Waals surface area contributed by atoms with E-state index in [0.717, 1.165) is 12.8 Å². The lowest BCUT2D eigenvalue weighted by Gasteiger charge is -2.22. The number of carbonyl (C=O) groups is 1. The second-order valence-corrected chi connectivity index (χ2v) is 9.56. The van der Waals surface area contributed by atoms with Gasteiger partial charge in [0.15, 0.2) is 0 Å². The van der Waals surface area contributed by atoms with Gasteiger partial charge in [0, 0.05) is 39.8 Å². The molecule has 2 heterocycles. The smallest absolute Gasteiger partial charge is 0.317 e. The predicted octanol–water partition coefficient (Wildman–Crippen LogP) is 2.08. The standard InChI is InChI=1S/C21H31N5O3S/c1-17-20(18(2)24(3)23-17)30(28,29)26-14-8-13-25(15-16-26)21(27)22-12-7-11-19-9-5-4-6-10-19/h4-6,9-10H,7-8,11-16H2,1-3H3,(H,22,27). The van der Waals surface area contributed by atoms with Gasteiger partial charge in [0.2, 0.25) is 10.0 Å². The number of nitrogens with one attached hydrogen (secondary N) is 1. The average Bonchev–Trinajstić information content (AvgIpc) is 2.90. The SMILES string of the molecule is Cc1nn(C)c(C)c1S(=O)(=O)N1CCCN(C(=O)NCCCc2ccccc2)CC1. The minimum Gasteiger partial charge on any atom is -0.338 e. The first-order valence-corrected chi connectivity index (χ1v) is 11.8. The van der Waals surface area contributed by atoms with Crippen molar-refractivity contribution in [3.63, 3.8) is 0 Å². The van der Waals surface area contributed by atoms with E-state index in [0.29, 0.717) is 44.0 Å². The molecule has 0 atom stereocenters. The van der Waals surface area contributed by atoms with Crippen LogP contribution in [0.4, 0.5) is 4.79 Å². The van der Waals surface area contributed by atoms with E-state index in [1.54, 1.807) is 30.5 Å². The molecule has 0 radical (unpaired) electrons. The summed E-state index contributed by atoms with van der Waals surface area (Å²) in [6.07, 6.45) is 2.38. The van der Waals surface area contributed by atoms with Crippen LogP contribution in [0.3, 0.4) is 0 Å². The largest absolute Gasteiger partial charge is 0.338 e. The Kier molecular flexibility index (Phi) is 7.14. The molecule has 1 aliphatic rings. The summed E-state index contributed by atoms with van der Waals surface area (Å²) in [5.74, 6) is 0. The molecule has 1 aromatic heterocycles. The van der Waals surface area contributed by atoms with Gasteiger partial charge in [-0.1, -0.05) is 30.3 Å². The molecule has 1 N–H and O–H groups in total. The van der Waals surface area contributed by atoms with Gasteiger partial charge >= 0.3 is 6.03 Å². The van der Waals surface area contributed by atoms with Crippen LogP contribution in [0, 0.1) is 13.8 Å². The van der Waals surface area contributed by atoms with E-state index in [-0.39, 0.29) is 17.5 Å². The summed E-state index contributed by atoms with van der Waals surface area (Å²) in [6.45, 7) is 5.68. The summed E-state index contributed by atoms with van der Waals surface area (Å²) in [5.41, 5.74) is 2.39. The monoisotopic (exact) mass is 433 g/mol. The first-order chi connectivity index (χ1) is 14.3. The Bertz CT molecular complexity index is 972. The number of rotatable bonds is 6. The lowest BCUT2D eigenvalue weighted by molar-refractivity contribution is 0.200. The molecule has 2 amide bonds. The van der Waals surface area contributed by atoms with Crippen LogP contribution in [0.15, 0.2) is 35.2 Å². The molecule has 1 aliphatic heterocycles. The van der Waals surface area contributed by atoms with E-state index < -0.39 is 10.0 Å². The van der Waals surface area contributed by atoms with E-state index in [9.17, 15) is 13.2 Å². The zero-order valence-corrected chi connectivity index (χ0v) is 18.8. The number of benzene rings is 1. The Labute approximate surface area is 178 Å². The van der Waals surface area contributed by atoms with Crippen molar-refractivity contribution >= 4 is 16.1 Å². The molecular weight excluding hydrogens is 402 g/mol. The number of hydrogen-bond acceptors (Lipinski definition) is 4. The fraction of sp³-hybridized carbons (Fsp3) is 0.524. The number of carbonyl (C=O) groups excluding carboxylic acids is 1. The number of urea groups is 1. The molecule has 0 unspecified atom stereocenters. The van der Waals surface area contributed by atoms with Gasteiger partial charge < -0.3 is 10.2 Å². The zero-order valence-electron chi connectivity index (χ0n) is 18.0. The molecule has 2 aromatic rings. The molecule has 1 aromatic carbocycles. The molecule has 30 heavy (non-hydrogen) atoms. The molecule has 8 nitrogen and oxygen atoms in total. The van der Waals surface area contributed by atoms with Crippen molar-refractivity contribution in [1.82, 2.24) is 24.3 Å². The van der Waals surface area contributed by atoms with Gasteiger partial charge in [-0.2, -0.15) is 9.40 Å². The maximum Gasteiger partial charge on any atom is 0.317 e. The van der Waals surface area contributed by atoms with Gasteiger partial charge in [-0.05, 0) is 38.7 Å². The minimum absolute atomic E-state index is 0.129. The number of aromatic nitrogens is 2. The fourth-order valence-corrected chi connectivity index (χ4v) is 5.71. The third kappa shape index (κ3) is 5.02. The molecule has 0 bridgehead atoms. The minimum atomic E-state index is -3.63. The highest BCUT2D eigenvalue weighted by atomic mass is 32.2. The highest BCUT2D eigenvalue weighted by Gasteiger charge is 2.32. The van der Waals surface area contributed by atoms with Crippen LogP contribution in [0.1, 0.15) is 29.8 Å². The maximum absolute atomic E-state index is 13.2. The Morgan fingerprint density at radius 1 is 1.10 bits per heavy atom. The van der Waals surface area contributed by atoms with E-state index >= 15 is 0 Å². The summed E-state index contributed by atoms with van der Waals surface area (Å²) in [5, 5.41) is 7.20. The number of sulfonamides is 1. The Balaban J connectivity index is 1.53. The van der Waals surface area contributed by atoms with E-state index in [1.165, 1.54) is 9.87 Å². The maximum atomic E-state index is 13.2. The number of amides is 2. The van der Waals surface area contributed by atoms with Crippen LogP contribution in [0.25, 0.3) is 0 Å². The molecule has 164 valence electrons. The van der Waals surface area contributed by atoms with Crippen molar-refractivity contribution in [2.45, 2.75) is 38.0 Å². The Morgan fingerprint density at radius 3 is 2.50 bits per heavy atom. The van der Waals surface area contributed by atoms with Crippen molar-refractivity contribution in [3.8, 4) is 0 Å². The summed E-state index contributed by atoms with van der Waals surface area (Å²) in [4.78, 5) is 14.5. The molecule has 3 rings (SSSR count). The molecule has 1 fully saturated rings. The lowest BCUT2D eigenvalue weighted by atomic mass is 10.1. The van der Waals surface area contributed by atoms with E-state index in [2.05, 4.69) is 22.5 Å². The van der Waals surface area contributed by atoms with Gasteiger partial charge in [0.05, 0.1) is 11.4 Å². The highest BCUT2D eigenvalue weighted by molar-refractivity contribution is 7.89. The molecule has 0 aliphatic carbocycles. The van der Waals surface area contributed by atoms with Crippen LogP contribution < -0.4 is 5.32 Å². The van der Waals surface area contributed by atoms with E-state index in [1.807, 2.05) is 18.2 Å². The van der Waals surface area contributed by atoms with Crippen LogP contribution in [-0.2, 0) is 23.5 Å². The predicted molar refractivity (Wildman–Crippen MR) is 116 cm³/mol. The number of hydrogen-bond donors (Lipinski definition) is 1. The lowest BCUT2D eigenvalue weighted by Crippen LogP contribution is -2.43. The zero-order chi connectivity index (χ0) is 21.7. The number of aryl methyl sites for hydroxylation is 3. The van der Waals surface area contributed by atoms with Crippen molar-refractivity contribution < 1.29 is 13.2 Å². The fourth-order valence-electron chi connectivity index (χ4n) is 3.84.